The van der Waals surface area contributed by atoms with E-state index in [0.717, 1.165) is 6.07 Å². The average Bonchev–Trinajstić information content (AvgIpc) is 2.65. The quantitative estimate of drug-likeness (QED) is 0.653. The van der Waals surface area contributed by atoms with Crippen molar-refractivity contribution in [1.82, 2.24) is 15.6 Å². The topological polar surface area (TPSA) is 104 Å². The minimum atomic E-state index is -3.67. The molecule has 0 saturated heterocycles. The van der Waals surface area contributed by atoms with E-state index in [4.69, 9.17) is 0 Å². The first-order chi connectivity index (χ1) is 12.7. The fourth-order valence-corrected chi connectivity index (χ4v) is 3.43. The third-order valence-electron chi connectivity index (χ3n) is 3.80. The average molecular weight is 393 g/mol. The van der Waals surface area contributed by atoms with Crippen LogP contribution in [0.25, 0.3) is 0 Å². The number of rotatable bonds is 6. The SMILES string of the molecule is CC[C@H](C)NS(=O)(=O)c1ccc(C(=O)NNC(=O)c2ccccc2F)cc1. The Bertz CT molecular complexity index is 930. The predicted octanol–water partition coefficient (Wildman–Crippen LogP) is 1.98. The van der Waals surface area contributed by atoms with Gasteiger partial charge in [0.25, 0.3) is 11.8 Å². The summed E-state index contributed by atoms with van der Waals surface area (Å²) in [5, 5.41) is 0. The van der Waals surface area contributed by atoms with Crippen LogP contribution in [0, 0.1) is 5.82 Å². The molecule has 7 nitrogen and oxygen atoms in total. The highest BCUT2D eigenvalue weighted by molar-refractivity contribution is 7.89. The number of benzene rings is 2. The molecular formula is C18H20FN3O4S. The lowest BCUT2D eigenvalue weighted by atomic mass is 10.2. The van der Waals surface area contributed by atoms with Crippen LogP contribution in [-0.4, -0.2) is 26.3 Å². The van der Waals surface area contributed by atoms with Gasteiger partial charge in [-0.25, -0.2) is 17.5 Å². The smallest absolute Gasteiger partial charge is 0.267 e. The molecule has 144 valence electrons. The summed E-state index contributed by atoms with van der Waals surface area (Å²) < 4.78 is 40.4. The van der Waals surface area contributed by atoms with E-state index in [1.54, 1.807) is 6.92 Å². The van der Waals surface area contributed by atoms with Crippen LogP contribution in [0.3, 0.4) is 0 Å². The molecule has 0 aliphatic carbocycles. The molecule has 1 atom stereocenters. The Balaban J connectivity index is 2.01. The maximum Gasteiger partial charge on any atom is 0.272 e. The van der Waals surface area contributed by atoms with Gasteiger partial charge in [0.1, 0.15) is 5.82 Å². The standard InChI is InChI=1S/C18H20FN3O4S/c1-3-12(2)22-27(25,26)14-10-8-13(9-11-14)17(23)20-21-18(24)15-6-4-5-7-16(15)19/h4-12,22H,3H2,1-2H3,(H,20,23)(H,21,24)/t12-/m0/s1. The molecule has 2 rings (SSSR count). The summed E-state index contributed by atoms with van der Waals surface area (Å²) >= 11 is 0. The lowest BCUT2D eigenvalue weighted by Gasteiger charge is -2.12. The van der Waals surface area contributed by atoms with Crippen LogP contribution < -0.4 is 15.6 Å². The van der Waals surface area contributed by atoms with E-state index in [1.807, 2.05) is 6.92 Å². The lowest BCUT2D eigenvalue weighted by molar-refractivity contribution is 0.0844. The van der Waals surface area contributed by atoms with Gasteiger partial charge in [-0.15, -0.1) is 0 Å². The fourth-order valence-electron chi connectivity index (χ4n) is 2.10. The Hall–Kier alpha value is -2.78. The molecule has 0 aliphatic rings. The number of halogens is 1. The number of amides is 2. The fraction of sp³-hybridized carbons (Fsp3) is 0.222. The van der Waals surface area contributed by atoms with E-state index >= 15 is 0 Å². The molecule has 9 heteroatoms. The van der Waals surface area contributed by atoms with E-state index in [2.05, 4.69) is 15.6 Å². The minimum absolute atomic E-state index is 0.0229. The zero-order valence-electron chi connectivity index (χ0n) is 14.8. The molecule has 0 radical (unpaired) electrons. The summed E-state index contributed by atoms with van der Waals surface area (Å²) in [4.78, 5) is 24.0. The third kappa shape index (κ3) is 5.35. The van der Waals surface area contributed by atoms with Crippen LogP contribution in [-0.2, 0) is 10.0 Å². The van der Waals surface area contributed by atoms with E-state index < -0.39 is 27.7 Å². The first-order valence-electron chi connectivity index (χ1n) is 8.22. The van der Waals surface area contributed by atoms with Gasteiger partial charge in [0.15, 0.2) is 0 Å². The van der Waals surface area contributed by atoms with Crippen LogP contribution in [0.1, 0.15) is 41.0 Å². The number of carbonyl (C=O) groups is 2. The number of hydrogen-bond acceptors (Lipinski definition) is 4. The van der Waals surface area contributed by atoms with Crippen molar-refractivity contribution in [2.24, 2.45) is 0 Å². The monoisotopic (exact) mass is 393 g/mol. The molecule has 3 N–H and O–H groups in total. The molecular weight excluding hydrogens is 373 g/mol. The second kappa shape index (κ2) is 8.74. The second-order valence-electron chi connectivity index (χ2n) is 5.84. The van der Waals surface area contributed by atoms with Gasteiger partial charge in [-0.1, -0.05) is 19.1 Å². The van der Waals surface area contributed by atoms with Crippen molar-refractivity contribution in [3.05, 3.63) is 65.5 Å². The third-order valence-corrected chi connectivity index (χ3v) is 5.41. The van der Waals surface area contributed by atoms with Crippen LogP contribution in [0.15, 0.2) is 53.4 Å². The van der Waals surface area contributed by atoms with E-state index in [9.17, 15) is 22.4 Å². The highest BCUT2D eigenvalue weighted by Gasteiger charge is 2.17. The van der Waals surface area contributed by atoms with Crippen molar-refractivity contribution >= 4 is 21.8 Å². The molecule has 0 heterocycles. The number of carbonyl (C=O) groups excluding carboxylic acids is 2. The van der Waals surface area contributed by atoms with Gasteiger partial charge in [0.05, 0.1) is 10.5 Å². The van der Waals surface area contributed by atoms with Crippen molar-refractivity contribution < 1.29 is 22.4 Å². The Kier molecular flexibility index (Phi) is 6.65. The molecule has 0 unspecified atom stereocenters. The molecule has 0 saturated carbocycles. The minimum Gasteiger partial charge on any atom is -0.267 e. The maximum atomic E-state index is 13.5. The van der Waals surface area contributed by atoms with Gasteiger partial charge < -0.3 is 0 Å². The van der Waals surface area contributed by atoms with E-state index in [0.29, 0.717) is 6.42 Å². The van der Waals surface area contributed by atoms with Crippen LogP contribution in [0.2, 0.25) is 0 Å². The van der Waals surface area contributed by atoms with Gasteiger partial charge in [-0.3, -0.25) is 20.4 Å². The van der Waals surface area contributed by atoms with Gasteiger partial charge in [-0.2, -0.15) is 0 Å². The van der Waals surface area contributed by atoms with Crippen LogP contribution in [0.4, 0.5) is 4.39 Å². The van der Waals surface area contributed by atoms with Gasteiger partial charge in [0.2, 0.25) is 10.0 Å². The predicted molar refractivity (Wildman–Crippen MR) is 97.8 cm³/mol. The van der Waals surface area contributed by atoms with Gasteiger partial charge >= 0.3 is 0 Å². The molecule has 2 amide bonds. The highest BCUT2D eigenvalue weighted by Crippen LogP contribution is 2.12. The summed E-state index contributed by atoms with van der Waals surface area (Å²) in [5.74, 6) is -2.19. The number of hydrogen-bond donors (Lipinski definition) is 3. The molecule has 0 aliphatic heterocycles. The highest BCUT2D eigenvalue weighted by atomic mass is 32.2. The molecule has 2 aromatic rings. The maximum absolute atomic E-state index is 13.5. The van der Waals surface area contributed by atoms with Gasteiger partial charge in [-0.05, 0) is 49.7 Å². The molecule has 27 heavy (non-hydrogen) atoms. The van der Waals surface area contributed by atoms with Crippen LogP contribution in [0.5, 0.6) is 0 Å². The molecule has 0 fully saturated rings. The zero-order valence-corrected chi connectivity index (χ0v) is 15.6. The molecule has 0 spiro atoms. The zero-order chi connectivity index (χ0) is 20.0. The Morgan fingerprint density at radius 2 is 1.59 bits per heavy atom. The van der Waals surface area contributed by atoms with Crippen molar-refractivity contribution in [3.8, 4) is 0 Å². The summed E-state index contributed by atoms with van der Waals surface area (Å²) in [5.41, 5.74) is 4.18. The number of nitrogens with one attached hydrogen (secondary N) is 3. The van der Waals surface area contributed by atoms with Crippen molar-refractivity contribution in [2.75, 3.05) is 0 Å². The normalized spacial score (nSPS) is 12.3. The van der Waals surface area contributed by atoms with Gasteiger partial charge in [0, 0.05) is 11.6 Å². The van der Waals surface area contributed by atoms with Crippen LogP contribution >= 0.6 is 0 Å². The first kappa shape index (κ1) is 20.5. The Morgan fingerprint density at radius 3 is 2.19 bits per heavy atom. The summed E-state index contributed by atoms with van der Waals surface area (Å²) in [6, 6.07) is 10.3. The molecule has 0 bridgehead atoms. The largest absolute Gasteiger partial charge is 0.272 e. The van der Waals surface area contributed by atoms with Crippen molar-refractivity contribution in [2.45, 2.75) is 31.2 Å². The lowest BCUT2D eigenvalue weighted by Crippen LogP contribution is -2.42. The molecule has 2 aromatic carbocycles. The first-order valence-corrected chi connectivity index (χ1v) is 9.70. The number of sulfonamides is 1. The number of hydrazine groups is 1. The summed E-state index contributed by atoms with van der Waals surface area (Å²) in [6.45, 7) is 3.61. The second-order valence-corrected chi connectivity index (χ2v) is 7.56. The van der Waals surface area contributed by atoms with Crippen molar-refractivity contribution in [1.29, 1.82) is 0 Å². The summed E-state index contributed by atoms with van der Waals surface area (Å²) in [6.07, 6.45) is 0.640. The van der Waals surface area contributed by atoms with Crippen molar-refractivity contribution in [3.63, 3.8) is 0 Å². The Morgan fingerprint density at radius 1 is 1.00 bits per heavy atom. The molecule has 0 aromatic heterocycles. The summed E-state index contributed by atoms with van der Waals surface area (Å²) in [7, 11) is -3.67. The van der Waals surface area contributed by atoms with E-state index in [-0.39, 0.29) is 22.1 Å². The Labute approximate surface area is 157 Å². The van der Waals surface area contributed by atoms with E-state index in [1.165, 1.54) is 42.5 Å².